The molecule has 3 aromatic rings. The summed E-state index contributed by atoms with van der Waals surface area (Å²) in [6.45, 7) is 0. The van der Waals surface area contributed by atoms with E-state index in [0.717, 1.165) is 16.1 Å². The monoisotopic (exact) mass is 346 g/mol. The Morgan fingerprint density at radius 1 is 1.39 bits per heavy atom. The molecule has 0 saturated heterocycles. The first-order valence-corrected chi connectivity index (χ1v) is 9.41. The summed E-state index contributed by atoms with van der Waals surface area (Å²) in [7, 11) is -0.920. The van der Waals surface area contributed by atoms with Crippen LogP contribution in [0.5, 0.6) is 0 Å². The van der Waals surface area contributed by atoms with E-state index in [2.05, 4.69) is 10.3 Å². The molecule has 0 aliphatic heterocycles. The van der Waals surface area contributed by atoms with Crippen LogP contribution in [0.2, 0.25) is 0 Å². The second-order valence-electron chi connectivity index (χ2n) is 4.92. The lowest BCUT2D eigenvalue weighted by Gasteiger charge is -2.05. The molecule has 118 valence electrons. The minimum absolute atomic E-state index is 0.272. The summed E-state index contributed by atoms with van der Waals surface area (Å²) in [5.74, 6) is 0.191. The van der Waals surface area contributed by atoms with Gasteiger partial charge < -0.3 is 9.73 Å². The molecule has 5 nitrogen and oxygen atoms in total. The maximum Gasteiger partial charge on any atom is 0.275 e. The quantitative estimate of drug-likeness (QED) is 0.767. The van der Waals surface area contributed by atoms with Crippen LogP contribution in [0.4, 0.5) is 5.69 Å². The van der Waals surface area contributed by atoms with E-state index in [1.807, 2.05) is 18.2 Å². The van der Waals surface area contributed by atoms with Crippen LogP contribution in [-0.4, -0.2) is 21.4 Å². The molecule has 0 radical (unpaired) electrons. The highest BCUT2D eigenvalue weighted by Crippen LogP contribution is 2.24. The first kappa shape index (κ1) is 15.6. The number of furan rings is 1. The van der Waals surface area contributed by atoms with Crippen LogP contribution in [0.3, 0.4) is 0 Å². The normalized spacial score (nSPS) is 12.0. The Balaban J connectivity index is 1.73. The van der Waals surface area contributed by atoms with Crippen LogP contribution >= 0.6 is 11.3 Å². The third-order valence-corrected chi connectivity index (χ3v) is 4.69. The summed E-state index contributed by atoms with van der Waals surface area (Å²) in [6.07, 6.45) is 4.81. The fourth-order valence-electron chi connectivity index (χ4n) is 2.07. The Morgan fingerprint density at radius 3 is 3.00 bits per heavy atom. The van der Waals surface area contributed by atoms with Gasteiger partial charge in [-0.15, -0.1) is 11.3 Å². The van der Waals surface area contributed by atoms with Crippen LogP contribution in [0.15, 0.2) is 52.7 Å². The van der Waals surface area contributed by atoms with E-state index in [1.165, 1.54) is 11.3 Å². The van der Waals surface area contributed by atoms with E-state index in [1.54, 1.807) is 36.3 Å². The molecule has 0 bridgehead atoms. The topological polar surface area (TPSA) is 72.2 Å². The van der Waals surface area contributed by atoms with Gasteiger partial charge in [-0.05, 0) is 23.8 Å². The number of hydrogen-bond acceptors (Lipinski definition) is 5. The van der Waals surface area contributed by atoms with Gasteiger partial charge in [0.1, 0.15) is 17.0 Å². The molecular formula is C16H14N2O3S2. The van der Waals surface area contributed by atoms with E-state index >= 15 is 0 Å². The lowest BCUT2D eigenvalue weighted by atomic mass is 10.2. The Morgan fingerprint density at radius 2 is 2.26 bits per heavy atom. The largest absolute Gasteiger partial charge is 0.472 e. The van der Waals surface area contributed by atoms with Crippen molar-refractivity contribution < 1.29 is 13.4 Å². The molecule has 0 fully saturated rings. The Bertz CT molecular complexity index is 841. The van der Waals surface area contributed by atoms with Crippen LogP contribution < -0.4 is 5.32 Å². The van der Waals surface area contributed by atoms with Crippen molar-refractivity contribution in [1.29, 1.82) is 0 Å². The molecule has 23 heavy (non-hydrogen) atoms. The second-order valence-corrected chi connectivity index (χ2v) is 7.22. The zero-order chi connectivity index (χ0) is 16.2. The summed E-state index contributed by atoms with van der Waals surface area (Å²) >= 11 is 1.39. The van der Waals surface area contributed by atoms with Gasteiger partial charge in [-0.2, -0.15) is 0 Å². The third kappa shape index (κ3) is 3.94. The highest BCUT2D eigenvalue weighted by Gasteiger charge is 2.13. The average molecular weight is 346 g/mol. The molecule has 7 heteroatoms. The number of hydrogen-bond donors (Lipinski definition) is 1. The van der Waals surface area contributed by atoms with Gasteiger partial charge in [-0.25, -0.2) is 4.98 Å². The Labute approximate surface area is 139 Å². The summed E-state index contributed by atoms with van der Waals surface area (Å²) in [5, 5.41) is 5.26. The maximum atomic E-state index is 12.3. The number of rotatable bonds is 5. The van der Waals surface area contributed by atoms with Gasteiger partial charge in [0, 0.05) is 39.4 Å². The van der Waals surface area contributed by atoms with Crippen LogP contribution in [0.1, 0.15) is 16.1 Å². The summed E-state index contributed by atoms with van der Waals surface area (Å²) < 4.78 is 16.3. The molecule has 3 rings (SSSR count). The highest BCUT2D eigenvalue weighted by molar-refractivity contribution is 7.83. The smallest absolute Gasteiger partial charge is 0.275 e. The zero-order valence-electron chi connectivity index (χ0n) is 12.3. The number of nitrogens with one attached hydrogen (secondary N) is 1. The zero-order valence-corrected chi connectivity index (χ0v) is 13.9. The fourth-order valence-corrected chi connectivity index (χ4v) is 3.50. The van der Waals surface area contributed by atoms with Gasteiger partial charge in [0.15, 0.2) is 0 Å². The first-order chi connectivity index (χ1) is 11.1. The van der Waals surface area contributed by atoms with E-state index in [4.69, 9.17) is 4.42 Å². The van der Waals surface area contributed by atoms with Gasteiger partial charge >= 0.3 is 0 Å². The van der Waals surface area contributed by atoms with Crippen molar-refractivity contribution in [2.75, 3.05) is 11.6 Å². The van der Waals surface area contributed by atoms with Crippen molar-refractivity contribution in [3.63, 3.8) is 0 Å². The molecule has 2 aromatic heterocycles. The predicted octanol–water partition coefficient (Wildman–Crippen LogP) is 3.53. The second kappa shape index (κ2) is 6.89. The molecular weight excluding hydrogens is 332 g/mol. The fraction of sp³-hybridized carbons (Fsp3) is 0.125. The summed E-state index contributed by atoms with van der Waals surface area (Å²) in [6, 6.07) is 9.13. The molecule has 2 heterocycles. The minimum Gasteiger partial charge on any atom is -0.472 e. The molecule has 1 aromatic carbocycles. The van der Waals surface area contributed by atoms with Gasteiger partial charge in [0.2, 0.25) is 0 Å². The minimum atomic E-state index is -0.920. The highest BCUT2D eigenvalue weighted by atomic mass is 32.2. The number of anilines is 1. The van der Waals surface area contributed by atoms with Gasteiger partial charge in [0.05, 0.1) is 6.26 Å². The molecule has 0 saturated carbocycles. The van der Waals surface area contributed by atoms with Crippen molar-refractivity contribution in [2.24, 2.45) is 0 Å². The lowest BCUT2D eigenvalue weighted by Crippen LogP contribution is -2.12. The van der Waals surface area contributed by atoms with Gasteiger partial charge in [-0.1, -0.05) is 12.1 Å². The number of amides is 1. The van der Waals surface area contributed by atoms with Crippen molar-refractivity contribution in [3.8, 4) is 10.6 Å². The standard InChI is InChI=1S/C16H14N2O3S2/c1-23(20)10-11-3-2-4-13(7-11)17-15(19)14-9-22-16(18-14)12-5-6-21-8-12/h2-9H,10H2,1H3,(H,17,19). The molecule has 0 aliphatic carbocycles. The molecule has 0 aliphatic rings. The van der Waals surface area contributed by atoms with Crippen LogP contribution in [-0.2, 0) is 16.6 Å². The predicted molar refractivity (Wildman–Crippen MR) is 92.0 cm³/mol. The van der Waals surface area contributed by atoms with Crippen molar-refractivity contribution in [3.05, 3.63) is 59.5 Å². The number of thiazole rings is 1. The number of nitrogens with zero attached hydrogens (tertiary/aromatic N) is 1. The molecule has 1 unspecified atom stereocenters. The van der Waals surface area contributed by atoms with Crippen molar-refractivity contribution in [2.45, 2.75) is 5.75 Å². The molecule has 1 amide bonds. The average Bonchev–Trinajstić information content (AvgIpc) is 3.18. The number of carbonyl (C=O) groups is 1. The SMILES string of the molecule is CS(=O)Cc1cccc(NC(=O)c2csc(-c3ccoc3)n2)c1. The van der Waals surface area contributed by atoms with Gasteiger partial charge in [-0.3, -0.25) is 9.00 Å². The van der Waals surface area contributed by atoms with Crippen molar-refractivity contribution in [1.82, 2.24) is 4.98 Å². The molecule has 0 spiro atoms. The van der Waals surface area contributed by atoms with Crippen molar-refractivity contribution >= 4 is 33.7 Å². The van der Waals surface area contributed by atoms with E-state index in [-0.39, 0.29) is 5.91 Å². The van der Waals surface area contributed by atoms with Crippen LogP contribution in [0, 0.1) is 0 Å². The van der Waals surface area contributed by atoms with E-state index in [0.29, 0.717) is 17.1 Å². The van der Waals surface area contributed by atoms with E-state index in [9.17, 15) is 9.00 Å². The first-order valence-electron chi connectivity index (χ1n) is 6.80. The molecule has 1 N–H and O–H groups in total. The number of carbonyl (C=O) groups excluding carboxylic acids is 1. The summed E-state index contributed by atoms with van der Waals surface area (Å²) in [5.41, 5.74) is 2.79. The van der Waals surface area contributed by atoms with Gasteiger partial charge in [0.25, 0.3) is 5.91 Å². The number of aromatic nitrogens is 1. The Hall–Kier alpha value is -2.25. The lowest BCUT2D eigenvalue weighted by molar-refractivity contribution is 0.102. The molecule has 1 atom stereocenters. The number of benzene rings is 1. The Kier molecular flexibility index (Phi) is 4.68. The maximum absolute atomic E-state index is 12.3. The van der Waals surface area contributed by atoms with E-state index < -0.39 is 10.8 Å². The van der Waals surface area contributed by atoms with Crippen LogP contribution in [0.25, 0.3) is 10.6 Å². The third-order valence-electron chi connectivity index (χ3n) is 3.06. The summed E-state index contributed by atoms with van der Waals surface area (Å²) in [4.78, 5) is 16.6.